The van der Waals surface area contributed by atoms with Crippen LogP contribution in [0.5, 0.6) is 5.75 Å². The van der Waals surface area contributed by atoms with Gasteiger partial charge in [0.2, 0.25) is 0 Å². The number of carbonyl (C=O) groups excluding carboxylic acids is 3. The van der Waals surface area contributed by atoms with Gasteiger partial charge in [-0.15, -0.1) is 0 Å². The Labute approximate surface area is 201 Å². The minimum atomic E-state index is -0.692. The van der Waals surface area contributed by atoms with E-state index in [0.717, 1.165) is 11.3 Å². The number of hydrogen-bond donors (Lipinski definition) is 2. The number of nitrogens with one attached hydrogen (secondary N) is 2. The van der Waals surface area contributed by atoms with Gasteiger partial charge >= 0.3 is 5.97 Å². The highest BCUT2D eigenvalue weighted by Crippen LogP contribution is 2.17. The van der Waals surface area contributed by atoms with Crippen molar-refractivity contribution in [1.82, 2.24) is 9.38 Å². The highest BCUT2D eigenvalue weighted by molar-refractivity contribution is 6.04. The van der Waals surface area contributed by atoms with E-state index in [1.165, 1.54) is 0 Å². The molecule has 0 saturated heterocycles. The zero-order valence-electron chi connectivity index (χ0n) is 19.3. The lowest BCUT2D eigenvalue weighted by Gasteiger charge is -2.09. The van der Waals surface area contributed by atoms with E-state index in [1.807, 2.05) is 26.0 Å². The van der Waals surface area contributed by atoms with E-state index in [0.29, 0.717) is 29.2 Å². The summed E-state index contributed by atoms with van der Waals surface area (Å²) in [5.41, 5.74) is 3.28. The van der Waals surface area contributed by atoms with Crippen molar-refractivity contribution in [2.45, 2.75) is 13.8 Å². The zero-order chi connectivity index (χ0) is 24.8. The fourth-order valence-electron chi connectivity index (χ4n) is 3.29. The maximum Gasteiger partial charge on any atom is 0.359 e. The van der Waals surface area contributed by atoms with E-state index in [1.54, 1.807) is 65.3 Å². The van der Waals surface area contributed by atoms with Crippen molar-refractivity contribution in [3.63, 3.8) is 0 Å². The molecule has 2 aromatic carbocycles. The molecule has 4 aromatic rings. The fourth-order valence-corrected chi connectivity index (χ4v) is 3.29. The number of esters is 1. The Morgan fingerprint density at radius 1 is 0.943 bits per heavy atom. The minimum Gasteiger partial charge on any atom is -0.494 e. The molecule has 9 nitrogen and oxygen atoms in total. The molecule has 9 heteroatoms. The van der Waals surface area contributed by atoms with Crippen LogP contribution in [0.25, 0.3) is 5.65 Å². The smallest absolute Gasteiger partial charge is 0.359 e. The predicted molar refractivity (Wildman–Crippen MR) is 131 cm³/mol. The Balaban J connectivity index is 1.27. The molecule has 2 amide bonds. The molecule has 0 saturated carbocycles. The molecule has 2 aromatic heterocycles. The van der Waals surface area contributed by atoms with Crippen LogP contribution in [0.15, 0.2) is 73.1 Å². The van der Waals surface area contributed by atoms with Crippen LogP contribution in [-0.4, -0.2) is 40.4 Å². The average Bonchev–Trinajstić information content (AvgIpc) is 3.28. The maximum atomic E-state index is 12.5. The Bertz CT molecular complexity index is 1360. The lowest BCUT2D eigenvalue weighted by atomic mass is 10.2. The quantitative estimate of drug-likeness (QED) is 0.374. The van der Waals surface area contributed by atoms with E-state index in [-0.39, 0.29) is 11.6 Å². The van der Waals surface area contributed by atoms with Gasteiger partial charge in [0.05, 0.1) is 6.61 Å². The summed E-state index contributed by atoms with van der Waals surface area (Å²) in [4.78, 5) is 41.1. The summed E-state index contributed by atoms with van der Waals surface area (Å²) in [6.45, 7) is 3.93. The molecular formula is C26H24N4O5. The van der Waals surface area contributed by atoms with Crippen molar-refractivity contribution in [1.29, 1.82) is 0 Å². The number of amides is 2. The van der Waals surface area contributed by atoms with Gasteiger partial charge in [0.25, 0.3) is 11.8 Å². The second-order valence-electron chi connectivity index (χ2n) is 7.71. The number of anilines is 2. The van der Waals surface area contributed by atoms with Gasteiger partial charge in [-0.3, -0.25) is 9.59 Å². The summed E-state index contributed by atoms with van der Waals surface area (Å²) < 4.78 is 12.2. The van der Waals surface area contributed by atoms with E-state index in [4.69, 9.17) is 9.47 Å². The molecule has 0 bridgehead atoms. The number of carbonyl (C=O) groups is 3. The number of hydrogen-bond acceptors (Lipinski definition) is 6. The number of ether oxygens (including phenoxy) is 2. The monoisotopic (exact) mass is 472 g/mol. The molecule has 178 valence electrons. The Kier molecular flexibility index (Phi) is 7.06. The topological polar surface area (TPSA) is 111 Å². The lowest BCUT2D eigenvalue weighted by Crippen LogP contribution is -2.21. The van der Waals surface area contributed by atoms with E-state index in [9.17, 15) is 14.4 Å². The molecule has 4 rings (SSSR count). The summed E-state index contributed by atoms with van der Waals surface area (Å²) in [5, 5.41) is 5.43. The van der Waals surface area contributed by atoms with E-state index in [2.05, 4.69) is 15.6 Å². The van der Waals surface area contributed by atoms with Gasteiger partial charge < -0.3 is 24.5 Å². The zero-order valence-corrected chi connectivity index (χ0v) is 19.3. The third kappa shape index (κ3) is 6.02. The molecule has 0 spiro atoms. The molecular weight excluding hydrogens is 448 g/mol. The third-order valence-electron chi connectivity index (χ3n) is 5.01. The molecule has 0 atom stereocenters. The van der Waals surface area contributed by atoms with Gasteiger partial charge in [0.1, 0.15) is 11.4 Å². The molecule has 35 heavy (non-hydrogen) atoms. The first-order valence-electron chi connectivity index (χ1n) is 11.0. The van der Waals surface area contributed by atoms with Gasteiger partial charge in [-0.1, -0.05) is 0 Å². The number of imidazole rings is 1. The SMILES string of the molecule is CCOc1ccc(NC(=O)c2ccc(NC(=O)COC(=O)c3cn4ccc(C)cc4n3)cc2)cc1. The summed E-state index contributed by atoms with van der Waals surface area (Å²) >= 11 is 0. The second kappa shape index (κ2) is 10.5. The fraction of sp³-hybridized carbons (Fsp3) is 0.154. The molecule has 0 aliphatic heterocycles. The summed E-state index contributed by atoms with van der Waals surface area (Å²) in [7, 11) is 0. The van der Waals surface area contributed by atoms with Gasteiger partial charge in [-0.25, -0.2) is 9.78 Å². The Morgan fingerprint density at radius 3 is 2.34 bits per heavy atom. The van der Waals surface area contributed by atoms with Crippen molar-refractivity contribution in [3.05, 3.63) is 89.9 Å². The number of rotatable bonds is 8. The van der Waals surface area contributed by atoms with Crippen molar-refractivity contribution in [3.8, 4) is 5.75 Å². The summed E-state index contributed by atoms with van der Waals surface area (Å²) in [5.74, 6) is -0.763. The first-order valence-corrected chi connectivity index (χ1v) is 11.0. The molecule has 0 unspecified atom stereocenters. The van der Waals surface area contributed by atoms with Crippen molar-refractivity contribution >= 4 is 34.8 Å². The molecule has 2 N–H and O–H groups in total. The highest BCUT2D eigenvalue weighted by atomic mass is 16.5. The van der Waals surface area contributed by atoms with Crippen LogP contribution < -0.4 is 15.4 Å². The summed E-state index contributed by atoms with van der Waals surface area (Å²) in [6.07, 6.45) is 3.34. The number of fused-ring (bicyclic) bond motifs is 1. The minimum absolute atomic E-state index is 0.117. The van der Waals surface area contributed by atoms with Crippen LogP contribution in [0, 0.1) is 6.92 Å². The first kappa shape index (κ1) is 23.5. The largest absolute Gasteiger partial charge is 0.494 e. The maximum absolute atomic E-state index is 12.5. The lowest BCUT2D eigenvalue weighted by molar-refractivity contribution is -0.119. The Morgan fingerprint density at radius 2 is 1.63 bits per heavy atom. The average molecular weight is 473 g/mol. The molecule has 0 radical (unpaired) electrons. The van der Waals surface area contributed by atoms with Crippen molar-refractivity contribution in [2.75, 3.05) is 23.8 Å². The van der Waals surface area contributed by atoms with Crippen molar-refractivity contribution < 1.29 is 23.9 Å². The van der Waals surface area contributed by atoms with Gasteiger partial charge in [0.15, 0.2) is 12.3 Å². The third-order valence-corrected chi connectivity index (χ3v) is 5.01. The molecule has 0 aliphatic carbocycles. The number of benzene rings is 2. The normalized spacial score (nSPS) is 10.6. The standard InChI is InChI=1S/C26H24N4O5/c1-3-34-21-10-8-20(9-11-21)28-25(32)18-4-6-19(7-5-18)27-24(31)16-35-26(33)22-15-30-13-12-17(2)14-23(30)29-22/h4-15H,3,16H2,1-2H3,(H,27,31)(H,28,32). The van der Waals surface area contributed by atoms with E-state index >= 15 is 0 Å². The van der Waals surface area contributed by atoms with Gasteiger partial charge in [-0.05, 0) is 80.1 Å². The van der Waals surface area contributed by atoms with Crippen LogP contribution in [0.2, 0.25) is 0 Å². The van der Waals surface area contributed by atoms with Crippen LogP contribution in [0.1, 0.15) is 33.3 Å². The van der Waals surface area contributed by atoms with Crippen LogP contribution in [0.3, 0.4) is 0 Å². The van der Waals surface area contributed by atoms with Crippen LogP contribution in [-0.2, 0) is 9.53 Å². The molecule has 2 heterocycles. The van der Waals surface area contributed by atoms with Gasteiger partial charge in [-0.2, -0.15) is 0 Å². The molecule has 0 fully saturated rings. The van der Waals surface area contributed by atoms with Crippen LogP contribution >= 0.6 is 0 Å². The predicted octanol–water partition coefficient (Wildman–Crippen LogP) is 4.09. The summed E-state index contributed by atoms with van der Waals surface area (Å²) in [6, 6.07) is 17.2. The number of pyridine rings is 1. The highest BCUT2D eigenvalue weighted by Gasteiger charge is 2.15. The second-order valence-corrected chi connectivity index (χ2v) is 7.71. The first-order chi connectivity index (χ1) is 16.9. The van der Waals surface area contributed by atoms with Crippen LogP contribution in [0.4, 0.5) is 11.4 Å². The Hall–Kier alpha value is -4.66. The number of aryl methyl sites for hydroxylation is 1. The molecule has 0 aliphatic rings. The van der Waals surface area contributed by atoms with Crippen molar-refractivity contribution in [2.24, 2.45) is 0 Å². The van der Waals surface area contributed by atoms with E-state index < -0.39 is 18.5 Å². The van der Waals surface area contributed by atoms with Gasteiger partial charge in [0, 0.05) is 29.3 Å². The number of aromatic nitrogens is 2. The number of nitrogens with zero attached hydrogens (tertiary/aromatic N) is 2.